The molecule has 1 saturated carbocycles. The van der Waals surface area contributed by atoms with E-state index in [-0.39, 0.29) is 0 Å². The van der Waals surface area contributed by atoms with Crippen LogP contribution in [0.3, 0.4) is 0 Å². The average molecular weight is 293 g/mol. The van der Waals surface area contributed by atoms with Gasteiger partial charge in [0.05, 0.1) is 5.02 Å². The molecule has 3 rings (SSSR count). The Morgan fingerprint density at radius 2 is 2.30 bits per heavy atom. The van der Waals surface area contributed by atoms with Crippen LogP contribution in [0.25, 0.3) is 0 Å². The van der Waals surface area contributed by atoms with Crippen LogP contribution in [-0.4, -0.2) is 20.8 Å². The van der Waals surface area contributed by atoms with Crippen LogP contribution in [0.1, 0.15) is 24.2 Å². The van der Waals surface area contributed by atoms with Crippen molar-refractivity contribution in [1.82, 2.24) is 20.1 Å². The average Bonchev–Trinajstić information content (AvgIpc) is 3.18. The SMILES string of the molecule is Cn1cnnc1COc1c(Cl)cccc1CNC1CC1. The maximum absolute atomic E-state index is 6.24. The van der Waals surface area contributed by atoms with Crippen LogP contribution in [-0.2, 0) is 20.2 Å². The summed E-state index contributed by atoms with van der Waals surface area (Å²) in [4.78, 5) is 0. The van der Waals surface area contributed by atoms with Crippen molar-refractivity contribution in [3.8, 4) is 5.75 Å². The molecule has 0 aliphatic heterocycles. The number of aromatic nitrogens is 3. The van der Waals surface area contributed by atoms with Gasteiger partial charge in [0.2, 0.25) is 0 Å². The van der Waals surface area contributed by atoms with Crippen molar-refractivity contribution in [1.29, 1.82) is 0 Å². The molecule has 106 valence electrons. The lowest BCUT2D eigenvalue weighted by atomic mass is 10.2. The topological polar surface area (TPSA) is 52.0 Å². The Balaban J connectivity index is 1.71. The Kier molecular flexibility index (Phi) is 3.89. The van der Waals surface area contributed by atoms with E-state index in [0.717, 1.165) is 23.7 Å². The van der Waals surface area contributed by atoms with Crippen molar-refractivity contribution in [2.75, 3.05) is 0 Å². The number of benzene rings is 1. The summed E-state index contributed by atoms with van der Waals surface area (Å²) in [5.41, 5.74) is 1.08. The van der Waals surface area contributed by atoms with E-state index in [2.05, 4.69) is 15.5 Å². The van der Waals surface area contributed by atoms with Crippen molar-refractivity contribution < 1.29 is 4.74 Å². The highest BCUT2D eigenvalue weighted by Crippen LogP contribution is 2.30. The van der Waals surface area contributed by atoms with E-state index in [1.54, 1.807) is 6.33 Å². The van der Waals surface area contributed by atoms with E-state index in [1.165, 1.54) is 12.8 Å². The van der Waals surface area contributed by atoms with Gasteiger partial charge in [-0.3, -0.25) is 0 Å². The van der Waals surface area contributed by atoms with Gasteiger partial charge in [-0.2, -0.15) is 0 Å². The second kappa shape index (κ2) is 5.81. The number of nitrogens with one attached hydrogen (secondary N) is 1. The van der Waals surface area contributed by atoms with Crippen LogP contribution < -0.4 is 10.1 Å². The van der Waals surface area contributed by atoms with Crippen molar-refractivity contribution in [3.05, 3.63) is 40.9 Å². The van der Waals surface area contributed by atoms with Gasteiger partial charge in [0, 0.05) is 25.2 Å². The Labute approximate surface area is 122 Å². The van der Waals surface area contributed by atoms with Gasteiger partial charge in [-0.25, -0.2) is 0 Å². The molecule has 1 N–H and O–H groups in total. The third kappa shape index (κ3) is 3.11. The third-order valence-corrected chi connectivity index (χ3v) is 3.66. The summed E-state index contributed by atoms with van der Waals surface area (Å²) in [5, 5.41) is 11.9. The van der Waals surface area contributed by atoms with Crippen molar-refractivity contribution in [3.63, 3.8) is 0 Å². The number of hydrogen-bond acceptors (Lipinski definition) is 4. The second-order valence-corrected chi connectivity index (χ2v) is 5.44. The number of hydrogen-bond donors (Lipinski definition) is 1. The second-order valence-electron chi connectivity index (χ2n) is 5.03. The van der Waals surface area contributed by atoms with Crippen LogP contribution >= 0.6 is 11.6 Å². The van der Waals surface area contributed by atoms with Crippen LogP contribution in [0.15, 0.2) is 24.5 Å². The predicted octanol–water partition coefficient (Wildman–Crippen LogP) is 2.30. The minimum atomic E-state index is 0.358. The van der Waals surface area contributed by atoms with Gasteiger partial charge in [0.15, 0.2) is 5.82 Å². The Morgan fingerprint density at radius 3 is 3.00 bits per heavy atom. The first-order valence-electron chi connectivity index (χ1n) is 6.70. The van der Waals surface area contributed by atoms with Crippen molar-refractivity contribution in [2.24, 2.45) is 7.05 Å². The molecule has 0 amide bonds. The molecular weight excluding hydrogens is 276 g/mol. The maximum Gasteiger partial charge on any atom is 0.170 e. The summed E-state index contributed by atoms with van der Waals surface area (Å²) in [6.07, 6.45) is 4.17. The fourth-order valence-electron chi connectivity index (χ4n) is 1.97. The molecule has 0 unspecified atom stereocenters. The molecule has 0 saturated heterocycles. The summed E-state index contributed by atoms with van der Waals surface area (Å²) in [5.74, 6) is 1.50. The van der Waals surface area contributed by atoms with Gasteiger partial charge in [0.1, 0.15) is 18.7 Å². The van der Waals surface area contributed by atoms with E-state index < -0.39 is 0 Å². The van der Waals surface area contributed by atoms with E-state index in [0.29, 0.717) is 17.7 Å². The number of aryl methyl sites for hydroxylation is 1. The van der Waals surface area contributed by atoms with Gasteiger partial charge in [-0.15, -0.1) is 10.2 Å². The third-order valence-electron chi connectivity index (χ3n) is 3.36. The monoisotopic (exact) mass is 292 g/mol. The first-order chi connectivity index (χ1) is 9.74. The van der Waals surface area contributed by atoms with Crippen LogP contribution in [0.4, 0.5) is 0 Å². The Hall–Kier alpha value is -1.59. The number of ether oxygens (including phenoxy) is 1. The molecule has 1 aromatic carbocycles. The van der Waals surface area contributed by atoms with E-state index in [4.69, 9.17) is 16.3 Å². The molecule has 1 aromatic heterocycles. The van der Waals surface area contributed by atoms with Gasteiger partial charge in [-0.1, -0.05) is 23.7 Å². The minimum Gasteiger partial charge on any atom is -0.484 e. The maximum atomic E-state index is 6.24. The van der Waals surface area contributed by atoms with E-state index >= 15 is 0 Å². The molecule has 1 aliphatic carbocycles. The molecular formula is C14H17ClN4O. The zero-order valence-electron chi connectivity index (χ0n) is 11.3. The largest absolute Gasteiger partial charge is 0.484 e. The molecule has 6 heteroatoms. The summed E-state index contributed by atoms with van der Waals surface area (Å²) >= 11 is 6.24. The number of nitrogens with zero attached hydrogens (tertiary/aromatic N) is 3. The normalized spacial score (nSPS) is 14.5. The van der Waals surface area contributed by atoms with Gasteiger partial charge in [-0.05, 0) is 18.9 Å². The standard InChI is InChI=1S/C14H17ClN4O/c1-19-9-17-18-13(19)8-20-14-10(3-2-4-12(14)15)7-16-11-5-6-11/h2-4,9,11,16H,5-8H2,1H3. The van der Waals surface area contributed by atoms with E-state index in [9.17, 15) is 0 Å². The highest BCUT2D eigenvalue weighted by atomic mass is 35.5. The number of rotatable bonds is 6. The molecule has 2 aromatic rings. The zero-order valence-corrected chi connectivity index (χ0v) is 12.1. The van der Waals surface area contributed by atoms with Gasteiger partial charge >= 0.3 is 0 Å². The smallest absolute Gasteiger partial charge is 0.170 e. The molecule has 5 nitrogen and oxygen atoms in total. The predicted molar refractivity (Wildman–Crippen MR) is 76.6 cm³/mol. The molecule has 1 fully saturated rings. The van der Waals surface area contributed by atoms with Crippen LogP contribution in [0.2, 0.25) is 5.02 Å². The van der Waals surface area contributed by atoms with Crippen LogP contribution in [0.5, 0.6) is 5.75 Å². The zero-order chi connectivity index (χ0) is 13.9. The minimum absolute atomic E-state index is 0.358. The lowest BCUT2D eigenvalue weighted by molar-refractivity contribution is 0.287. The lowest BCUT2D eigenvalue weighted by Gasteiger charge is -2.13. The molecule has 0 atom stereocenters. The van der Waals surface area contributed by atoms with Gasteiger partial charge in [0.25, 0.3) is 0 Å². The molecule has 20 heavy (non-hydrogen) atoms. The van der Waals surface area contributed by atoms with Crippen molar-refractivity contribution >= 4 is 11.6 Å². The summed E-state index contributed by atoms with van der Waals surface area (Å²) in [6, 6.07) is 6.48. The molecule has 0 radical (unpaired) electrons. The Morgan fingerprint density at radius 1 is 1.45 bits per heavy atom. The quantitative estimate of drug-likeness (QED) is 0.887. The number of halogens is 1. The molecule has 1 aliphatic rings. The van der Waals surface area contributed by atoms with Gasteiger partial charge < -0.3 is 14.6 Å². The summed E-state index contributed by atoms with van der Waals surface area (Å²) < 4.78 is 7.68. The first-order valence-corrected chi connectivity index (χ1v) is 7.08. The molecule has 0 spiro atoms. The molecule has 0 bridgehead atoms. The summed E-state index contributed by atoms with van der Waals surface area (Å²) in [7, 11) is 1.89. The van der Waals surface area contributed by atoms with E-state index in [1.807, 2.05) is 29.8 Å². The van der Waals surface area contributed by atoms with Crippen molar-refractivity contribution in [2.45, 2.75) is 32.0 Å². The van der Waals surface area contributed by atoms with Crippen LogP contribution in [0, 0.1) is 0 Å². The highest BCUT2D eigenvalue weighted by molar-refractivity contribution is 6.32. The molecule has 1 heterocycles. The highest BCUT2D eigenvalue weighted by Gasteiger charge is 2.21. The fourth-order valence-corrected chi connectivity index (χ4v) is 2.22. The summed E-state index contributed by atoms with van der Waals surface area (Å²) in [6.45, 7) is 1.13. The number of para-hydroxylation sites is 1. The fraction of sp³-hybridized carbons (Fsp3) is 0.429. The first kappa shape index (κ1) is 13.4. The lowest BCUT2D eigenvalue weighted by Crippen LogP contribution is -2.16. The Bertz CT molecular complexity index is 595.